The number of halogens is 1. The summed E-state index contributed by atoms with van der Waals surface area (Å²) in [5, 5.41) is 11.0. The number of hydrogen-bond acceptors (Lipinski definition) is 4. The molecule has 0 saturated heterocycles. The molecule has 0 radical (unpaired) electrons. The van der Waals surface area contributed by atoms with Crippen molar-refractivity contribution >= 4 is 17.6 Å². The third-order valence-corrected chi connectivity index (χ3v) is 9.21. The Labute approximate surface area is 175 Å². The Bertz CT molecular complexity index is 603. The van der Waals surface area contributed by atoms with Crippen LogP contribution in [0.3, 0.4) is 0 Å². The maximum atomic E-state index is 11.8. The fraction of sp³-hybridized carbons (Fsp3) is 0.957. The zero-order valence-electron chi connectivity index (χ0n) is 18.6. The van der Waals surface area contributed by atoms with Gasteiger partial charge in [-0.15, -0.1) is 11.6 Å². The summed E-state index contributed by atoms with van der Waals surface area (Å²) in [5.41, 5.74) is -1.08. The van der Waals surface area contributed by atoms with Crippen molar-refractivity contribution in [2.45, 2.75) is 96.8 Å². The Hall–Kier alpha value is -0.320. The number of carbonyl (C=O) groups is 1. The van der Waals surface area contributed by atoms with Crippen LogP contribution >= 0.6 is 11.6 Å². The number of hydrogen-bond donors (Lipinski definition) is 1. The first kappa shape index (κ1) is 22.4. The molecule has 0 heterocycles. The lowest BCUT2D eigenvalue weighted by Gasteiger charge is -2.41. The van der Waals surface area contributed by atoms with E-state index in [1.54, 1.807) is 7.11 Å². The molecule has 1 N–H and O–H groups in total. The molecule has 0 unspecified atom stereocenters. The molecular weight excluding hydrogens is 376 g/mol. The average molecular weight is 415 g/mol. The number of aliphatic hydroxyl groups is 1. The third-order valence-electron chi connectivity index (χ3n) is 8.56. The number of fused-ring (bicyclic) bond motifs is 2. The largest absolute Gasteiger partial charge is 0.462 e. The number of esters is 1. The second kappa shape index (κ2) is 7.42. The molecule has 0 spiro atoms. The molecule has 0 bridgehead atoms. The van der Waals surface area contributed by atoms with Gasteiger partial charge in [-0.3, -0.25) is 4.79 Å². The maximum Gasteiger partial charge on any atom is 0.302 e. The summed E-state index contributed by atoms with van der Waals surface area (Å²) in [6.07, 6.45) is 4.54. The fourth-order valence-corrected chi connectivity index (χ4v) is 7.49. The van der Waals surface area contributed by atoms with Gasteiger partial charge >= 0.3 is 5.97 Å². The van der Waals surface area contributed by atoms with Gasteiger partial charge in [-0.1, -0.05) is 27.7 Å². The minimum absolute atomic E-state index is 0.0302. The van der Waals surface area contributed by atoms with Crippen LogP contribution in [0, 0.1) is 34.5 Å². The van der Waals surface area contributed by atoms with Crippen LogP contribution in [0.25, 0.3) is 0 Å². The fourth-order valence-electron chi connectivity index (χ4n) is 7.23. The van der Waals surface area contributed by atoms with Crippen molar-refractivity contribution in [3.8, 4) is 0 Å². The SMILES string of the molecule is CO[C@H]1[C@@H]2C[C@](C)(O)[C@@H](Cl)C[C@@H]3C(C)(C)[C@@H](OC(C)=O)C[C@]3(C)C[C@@H]2C[C@@H]1C. The van der Waals surface area contributed by atoms with Gasteiger partial charge in [0, 0.05) is 19.4 Å². The normalized spacial score (nSPS) is 50.8. The zero-order valence-corrected chi connectivity index (χ0v) is 19.4. The molecule has 0 aromatic rings. The number of methoxy groups -OCH3 is 1. The molecular formula is C23H39ClO4. The lowest BCUT2D eigenvalue weighted by atomic mass is 9.65. The highest BCUT2D eigenvalue weighted by molar-refractivity contribution is 6.21. The van der Waals surface area contributed by atoms with E-state index in [0.717, 1.165) is 25.7 Å². The molecule has 3 aliphatic carbocycles. The summed E-state index contributed by atoms with van der Waals surface area (Å²) in [4.78, 5) is 11.8. The number of carbonyl (C=O) groups excluding carboxylic acids is 1. The second-order valence-electron chi connectivity index (χ2n) is 11.1. The summed E-state index contributed by atoms with van der Waals surface area (Å²) in [5.74, 6) is 1.35. The van der Waals surface area contributed by atoms with Crippen LogP contribution < -0.4 is 0 Å². The lowest BCUT2D eigenvalue weighted by Crippen LogP contribution is -2.43. The third kappa shape index (κ3) is 3.74. The van der Waals surface area contributed by atoms with E-state index in [-0.39, 0.29) is 40.3 Å². The van der Waals surface area contributed by atoms with Gasteiger partial charge in [-0.2, -0.15) is 0 Å². The topological polar surface area (TPSA) is 55.8 Å². The van der Waals surface area contributed by atoms with E-state index in [4.69, 9.17) is 21.1 Å². The van der Waals surface area contributed by atoms with Crippen LogP contribution in [0.2, 0.25) is 0 Å². The van der Waals surface area contributed by atoms with Crippen LogP contribution in [-0.4, -0.2) is 41.4 Å². The highest BCUT2D eigenvalue weighted by Crippen LogP contribution is 2.63. The Balaban J connectivity index is 2.01. The summed E-state index contributed by atoms with van der Waals surface area (Å²) in [6, 6.07) is 0. The smallest absolute Gasteiger partial charge is 0.302 e. The van der Waals surface area contributed by atoms with Crippen molar-refractivity contribution in [3.63, 3.8) is 0 Å². The minimum atomic E-state index is -0.938. The lowest BCUT2D eigenvalue weighted by molar-refractivity contribution is -0.151. The molecule has 3 aliphatic rings. The summed E-state index contributed by atoms with van der Waals surface area (Å²) in [6.45, 7) is 12.4. The van der Waals surface area contributed by atoms with Gasteiger partial charge in [0.15, 0.2) is 0 Å². The predicted molar refractivity (Wildman–Crippen MR) is 111 cm³/mol. The van der Waals surface area contributed by atoms with Crippen molar-refractivity contribution < 1.29 is 19.4 Å². The Morgan fingerprint density at radius 2 is 1.75 bits per heavy atom. The van der Waals surface area contributed by atoms with Crippen LogP contribution in [0.1, 0.15) is 73.6 Å². The molecule has 3 fully saturated rings. The highest BCUT2D eigenvalue weighted by Gasteiger charge is 2.60. The van der Waals surface area contributed by atoms with Crippen LogP contribution in [0.15, 0.2) is 0 Å². The van der Waals surface area contributed by atoms with Crippen molar-refractivity contribution in [1.82, 2.24) is 0 Å². The zero-order chi connectivity index (χ0) is 21.1. The second-order valence-corrected chi connectivity index (χ2v) is 11.7. The Kier molecular flexibility index (Phi) is 5.93. The van der Waals surface area contributed by atoms with Crippen molar-refractivity contribution in [2.75, 3.05) is 7.11 Å². The molecule has 162 valence electrons. The van der Waals surface area contributed by atoms with E-state index in [0.29, 0.717) is 24.2 Å². The van der Waals surface area contributed by atoms with E-state index in [1.165, 1.54) is 6.92 Å². The van der Waals surface area contributed by atoms with E-state index in [2.05, 4.69) is 27.7 Å². The molecule has 3 saturated carbocycles. The van der Waals surface area contributed by atoms with Gasteiger partial charge in [-0.05, 0) is 68.1 Å². The Morgan fingerprint density at radius 1 is 1.11 bits per heavy atom. The first-order valence-corrected chi connectivity index (χ1v) is 11.3. The van der Waals surface area contributed by atoms with Crippen LogP contribution in [0.5, 0.6) is 0 Å². The molecule has 4 nitrogen and oxygen atoms in total. The average Bonchev–Trinajstić information content (AvgIpc) is 2.92. The molecule has 0 aliphatic heterocycles. The van der Waals surface area contributed by atoms with Crippen molar-refractivity contribution in [1.29, 1.82) is 0 Å². The van der Waals surface area contributed by atoms with Crippen LogP contribution in [0.4, 0.5) is 0 Å². The first-order valence-electron chi connectivity index (χ1n) is 10.9. The van der Waals surface area contributed by atoms with Gasteiger partial charge in [0.2, 0.25) is 0 Å². The van der Waals surface area contributed by atoms with E-state index >= 15 is 0 Å². The van der Waals surface area contributed by atoms with Crippen molar-refractivity contribution in [3.05, 3.63) is 0 Å². The molecule has 5 heteroatoms. The summed E-state index contributed by atoms with van der Waals surface area (Å²) in [7, 11) is 1.79. The van der Waals surface area contributed by atoms with Crippen molar-refractivity contribution in [2.24, 2.45) is 34.5 Å². The molecule has 28 heavy (non-hydrogen) atoms. The standard InChI is InChI=1S/C23H39ClO4/c1-13-8-15-10-22(5)12-19(28-14(2)25)21(3,4)17(22)9-18(24)23(6,26)11-16(15)20(13)27-7/h13,15-20,26H,8-12H2,1-7H3/t13-,15-,16+,17+,18-,19-,20+,22-,23-/m0/s1. The number of alkyl halides is 1. The molecule has 0 amide bonds. The maximum absolute atomic E-state index is 11.8. The summed E-state index contributed by atoms with van der Waals surface area (Å²) >= 11 is 6.89. The van der Waals surface area contributed by atoms with Gasteiger partial charge in [0.05, 0.1) is 17.1 Å². The minimum Gasteiger partial charge on any atom is -0.462 e. The molecule has 0 aromatic heterocycles. The van der Waals surface area contributed by atoms with Gasteiger partial charge in [0.25, 0.3) is 0 Å². The Morgan fingerprint density at radius 3 is 2.32 bits per heavy atom. The van der Waals surface area contributed by atoms with Gasteiger partial charge in [-0.25, -0.2) is 0 Å². The number of rotatable bonds is 2. The van der Waals surface area contributed by atoms with Crippen LogP contribution in [-0.2, 0) is 14.3 Å². The van der Waals surface area contributed by atoms with E-state index < -0.39 is 5.60 Å². The van der Waals surface area contributed by atoms with Gasteiger partial charge < -0.3 is 14.6 Å². The van der Waals surface area contributed by atoms with Gasteiger partial charge in [0.1, 0.15) is 6.10 Å². The number of ether oxygens (including phenoxy) is 2. The monoisotopic (exact) mass is 414 g/mol. The first-order chi connectivity index (χ1) is 12.8. The van der Waals surface area contributed by atoms with E-state index in [1.807, 2.05) is 6.92 Å². The highest BCUT2D eigenvalue weighted by atomic mass is 35.5. The quantitative estimate of drug-likeness (QED) is 0.520. The van der Waals surface area contributed by atoms with E-state index in [9.17, 15) is 9.90 Å². The molecule has 0 aromatic carbocycles. The predicted octanol–water partition coefficient (Wildman–Crippen LogP) is 4.80. The summed E-state index contributed by atoms with van der Waals surface area (Å²) < 4.78 is 11.7. The molecule has 3 rings (SSSR count). The molecule has 9 atom stereocenters.